The summed E-state index contributed by atoms with van der Waals surface area (Å²) in [4.78, 5) is 13.0. The third-order valence-electron chi connectivity index (χ3n) is 5.70. The summed E-state index contributed by atoms with van der Waals surface area (Å²) in [5.41, 5.74) is 2.08. The van der Waals surface area contributed by atoms with Crippen LogP contribution in [0.25, 0.3) is 10.8 Å². The molecule has 1 saturated heterocycles. The van der Waals surface area contributed by atoms with Crippen LogP contribution >= 0.6 is 0 Å². The van der Waals surface area contributed by atoms with Crippen LogP contribution in [0.15, 0.2) is 66.7 Å². The van der Waals surface area contributed by atoms with Crippen LogP contribution in [0.3, 0.4) is 0 Å². The number of carbonyl (C=O) groups is 1. The summed E-state index contributed by atoms with van der Waals surface area (Å²) in [7, 11) is -3.83. The fourth-order valence-electron chi connectivity index (χ4n) is 3.78. The normalized spacial score (nSPS) is 16.0. The fourth-order valence-corrected chi connectivity index (χ4v) is 5.12. The van der Waals surface area contributed by atoms with E-state index in [1.807, 2.05) is 36.4 Å². The molecule has 1 fully saturated rings. The average molecular weight is 470 g/mol. The SMILES string of the molecule is C[C@H](NS(=O)(=O)N1CCN(c2ccc(OCc3ccc4ccccc4c3)cc2)CC1)C(=O)O. The van der Waals surface area contributed by atoms with Crippen LogP contribution in [-0.2, 0) is 21.6 Å². The number of nitrogens with one attached hydrogen (secondary N) is 1. The molecule has 3 aromatic carbocycles. The van der Waals surface area contributed by atoms with E-state index in [0.717, 1.165) is 17.0 Å². The number of ether oxygens (including phenoxy) is 1. The van der Waals surface area contributed by atoms with Gasteiger partial charge in [-0.3, -0.25) is 4.79 Å². The van der Waals surface area contributed by atoms with Crippen LogP contribution in [0.4, 0.5) is 5.69 Å². The van der Waals surface area contributed by atoms with Crippen molar-refractivity contribution in [1.82, 2.24) is 9.03 Å². The lowest BCUT2D eigenvalue weighted by molar-refractivity contribution is -0.138. The Morgan fingerprint density at radius 2 is 1.67 bits per heavy atom. The van der Waals surface area contributed by atoms with Crippen molar-refractivity contribution in [2.75, 3.05) is 31.1 Å². The Kier molecular flexibility index (Phi) is 6.83. The number of hydrogen-bond acceptors (Lipinski definition) is 5. The van der Waals surface area contributed by atoms with Crippen LogP contribution in [0.1, 0.15) is 12.5 Å². The lowest BCUT2D eigenvalue weighted by atomic mass is 10.1. The minimum atomic E-state index is -3.83. The summed E-state index contributed by atoms with van der Waals surface area (Å²) in [6, 6.07) is 21.1. The Balaban J connectivity index is 1.31. The number of nitrogens with zero attached hydrogens (tertiary/aromatic N) is 2. The van der Waals surface area contributed by atoms with Crippen LogP contribution in [0.5, 0.6) is 5.75 Å². The van der Waals surface area contributed by atoms with Crippen LogP contribution in [-0.4, -0.2) is 56.0 Å². The highest BCUT2D eigenvalue weighted by molar-refractivity contribution is 7.87. The first-order chi connectivity index (χ1) is 15.8. The second-order valence-corrected chi connectivity index (χ2v) is 9.74. The van der Waals surface area contributed by atoms with Gasteiger partial charge in [0.1, 0.15) is 18.4 Å². The molecule has 0 saturated carbocycles. The first-order valence-corrected chi connectivity index (χ1v) is 12.2. The summed E-state index contributed by atoms with van der Waals surface area (Å²) in [5, 5.41) is 11.3. The predicted octanol–water partition coefficient (Wildman–Crippen LogP) is 2.85. The van der Waals surface area contributed by atoms with Crippen molar-refractivity contribution in [3.63, 3.8) is 0 Å². The van der Waals surface area contributed by atoms with Gasteiger partial charge in [0, 0.05) is 31.9 Å². The summed E-state index contributed by atoms with van der Waals surface area (Å²) >= 11 is 0. The van der Waals surface area contributed by atoms with Crippen LogP contribution < -0.4 is 14.4 Å². The molecular formula is C24H27N3O5S. The van der Waals surface area contributed by atoms with Gasteiger partial charge in [0.05, 0.1) is 0 Å². The van der Waals surface area contributed by atoms with E-state index in [0.29, 0.717) is 19.7 Å². The molecule has 0 bridgehead atoms. The van der Waals surface area contributed by atoms with Gasteiger partial charge in [-0.1, -0.05) is 36.4 Å². The number of fused-ring (bicyclic) bond motifs is 1. The quantitative estimate of drug-likeness (QED) is 0.526. The molecular weight excluding hydrogens is 442 g/mol. The summed E-state index contributed by atoms with van der Waals surface area (Å²) in [6.07, 6.45) is 0. The number of piperazine rings is 1. The number of benzene rings is 3. The number of carboxylic acids is 1. The second kappa shape index (κ2) is 9.78. The van der Waals surface area contributed by atoms with E-state index < -0.39 is 22.2 Å². The zero-order valence-corrected chi connectivity index (χ0v) is 19.2. The predicted molar refractivity (Wildman–Crippen MR) is 128 cm³/mol. The Bertz CT molecular complexity index is 1220. The standard InChI is InChI=1S/C24H27N3O5S/c1-18(24(28)29)25-33(30,31)27-14-12-26(13-15-27)22-8-10-23(11-9-22)32-17-19-6-7-20-4-2-3-5-21(20)16-19/h2-11,16,18,25H,12-15,17H2,1H3,(H,28,29)/t18-/m0/s1. The number of anilines is 1. The largest absolute Gasteiger partial charge is 0.489 e. The molecule has 174 valence electrons. The van der Waals surface area contributed by atoms with Crippen molar-refractivity contribution < 1.29 is 23.1 Å². The molecule has 0 radical (unpaired) electrons. The third-order valence-corrected chi connectivity index (χ3v) is 7.39. The molecule has 0 spiro atoms. The highest BCUT2D eigenvalue weighted by Gasteiger charge is 2.29. The molecule has 2 N–H and O–H groups in total. The molecule has 1 heterocycles. The maximum atomic E-state index is 12.4. The Morgan fingerprint density at radius 1 is 1.00 bits per heavy atom. The first-order valence-electron chi connectivity index (χ1n) is 10.8. The molecule has 3 aromatic rings. The van der Waals surface area contributed by atoms with Gasteiger partial charge in [0.25, 0.3) is 10.2 Å². The monoisotopic (exact) mass is 469 g/mol. The van der Waals surface area contributed by atoms with Crippen molar-refractivity contribution in [3.8, 4) is 5.75 Å². The molecule has 1 aliphatic heterocycles. The number of aliphatic carboxylic acids is 1. The maximum absolute atomic E-state index is 12.4. The zero-order chi connectivity index (χ0) is 23.4. The average Bonchev–Trinajstić information content (AvgIpc) is 2.82. The molecule has 1 aliphatic rings. The first kappa shape index (κ1) is 23.0. The van der Waals surface area contributed by atoms with E-state index in [9.17, 15) is 13.2 Å². The Labute approximate surface area is 193 Å². The molecule has 0 aliphatic carbocycles. The summed E-state index contributed by atoms with van der Waals surface area (Å²) < 4.78 is 34.1. The van der Waals surface area contributed by atoms with Gasteiger partial charge in [-0.05, 0) is 53.6 Å². The summed E-state index contributed by atoms with van der Waals surface area (Å²) in [5.74, 6) is -0.444. The van der Waals surface area contributed by atoms with Crippen molar-refractivity contribution in [2.24, 2.45) is 0 Å². The van der Waals surface area contributed by atoms with E-state index in [4.69, 9.17) is 9.84 Å². The van der Waals surface area contributed by atoms with Crippen LogP contribution in [0.2, 0.25) is 0 Å². The molecule has 1 atom stereocenters. The van der Waals surface area contributed by atoms with Gasteiger partial charge in [-0.25, -0.2) is 0 Å². The minimum absolute atomic E-state index is 0.280. The van der Waals surface area contributed by atoms with E-state index >= 15 is 0 Å². The van der Waals surface area contributed by atoms with E-state index in [-0.39, 0.29) is 13.1 Å². The molecule has 33 heavy (non-hydrogen) atoms. The van der Waals surface area contributed by atoms with Gasteiger partial charge in [0.2, 0.25) is 0 Å². The van der Waals surface area contributed by atoms with Gasteiger partial charge in [-0.2, -0.15) is 17.4 Å². The number of rotatable bonds is 8. The Hall–Kier alpha value is -3.14. The van der Waals surface area contributed by atoms with Crippen molar-refractivity contribution >= 4 is 32.6 Å². The van der Waals surface area contributed by atoms with E-state index in [2.05, 4.69) is 40.0 Å². The number of hydrogen-bond donors (Lipinski definition) is 2. The van der Waals surface area contributed by atoms with Gasteiger partial charge < -0.3 is 14.7 Å². The lowest BCUT2D eigenvalue weighted by Crippen LogP contribution is -2.54. The summed E-state index contributed by atoms with van der Waals surface area (Å²) in [6.45, 7) is 3.37. The Morgan fingerprint density at radius 3 is 2.33 bits per heavy atom. The highest BCUT2D eigenvalue weighted by Crippen LogP contribution is 2.23. The zero-order valence-electron chi connectivity index (χ0n) is 18.3. The fraction of sp³-hybridized carbons (Fsp3) is 0.292. The third kappa shape index (κ3) is 5.62. The molecule has 4 rings (SSSR count). The topological polar surface area (TPSA) is 99.2 Å². The molecule has 9 heteroatoms. The molecule has 0 unspecified atom stereocenters. The van der Waals surface area contributed by atoms with Crippen molar-refractivity contribution in [3.05, 3.63) is 72.3 Å². The van der Waals surface area contributed by atoms with Crippen LogP contribution in [0, 0.1) is 0 Å². The second-order valence-electron chi connectivity index (χ2n) is 8.03. The van der Waals surface area contributed by atoms with E-state index in [1.165, 1.54) is 22.0 Å². The van der Waals surface area contributed by atoms with Gasteiger partial charge >= 0.3 is 5.97 Å². The highest BCUT2D eigenvalue weighted by atomic mass is 32.2. The molecule has 0 amide bonds. The van der Waals surface area contributed by atoms with E-state index in [1.54, 1.807) is 0 Å². The van der Waals surface area contributed by atoms with Gasteiger partial charge in [0.15, 0.2) is 0 Å². The molecule has 8 nitrogen and oxygen atoms in total. The number of carboxylic acid groups (broad SMARTS) is 1. The lowest BCUT2D eigenvalue weighted by Gasteiger charge is -2.35. The van der Waals surface area contributed by atoms with Crippen molar-refractivity contribution in [1.29, 1.82) is 0 Å². The van der Waals surface area contributed by atoms with Gasteiger partial charge in [-0.15, -0.1) is 0 Å². The maximum Gasteiger partial charge on any atom is 0.321 e. The van der Waals surface area contributed by atoms with Crippen molar-refractivity contribution in [2.45, 2.75) is 19.6 Å². The molecule has 0 aromatic heterocycles. The minimum Gasteiger partial charge on any atom is -0.489 e. The smallest absolute Gasteiger partial charge is 0.321 e.